The summed E-state index contributed by atoms with van der Waals surface area (Å²) in [4.78, 5) is 33.7. The van der Waals surface area contributed by atoms with Crippen molar-refractivity contribution in [3.8, 4) is 0 Å². The summed E-state index contributed by atoms with van der Waals surface area (Å²) in [5.74, 6) is -1.72. The van der Waals surface area contributed by atoms with Gasteiger partial charge in [-0.05, 0) is 25.0 Å². The fraction of sp³-hybridized carbons (Fsp3) is 0.719. The van der Waals surface area contributed by atoms with E-state index in [2.05, 4.69) is 13.8 Å². The number of ether oxygens (including phenoxy) is 2. The van der Waals surface area contributed by atoms with Gasteiger partial charge in [0.1, 0.15) is 0 Å². The molecule has 0 spiro atoms. The van der Waals surface area contributed by atoms with Gasteiger partial charge in [-0.2, -0.15) is 0 Å². The highest BCUT2D eigenvalue weighted by atomic mass is 16.5. The van der Waals surface area contributed by atoms with Crippen LogP contribution in [0.1, 0.15) is 157 Å². The van der Waals surface area contributed by atoms with Crippen molar-refractivity contribution in [2.45, 2.75) is 136 Å². The summed E-state index contributed by atoms with van der Waals surface area (Å²) in [5, 5.41) is 7.42. The molecule has 0 unspecified atom stereocenters. The van der Waals surface area contributed by atoms with Crippen LogP contribution in [0.25, 0.3) is 0 Å². The molecule has 1 fully saturated rings. The van der Waals surface area contributed by atoms with Crippen LogP contribution in [0.2, 0.25) is 0 Å². The Morgan fingerprint density at radius 1 is 0.605 bits per heavy atom. The van der Waals surface area contributed by atoms with Gasteiger partial charge in [0.25, 0.3) is 5.97 Å². The van der Waals surface area contributed by atoms with E-state index >= 15 is 0 Å². The van der Waals surface area contributed by atoms with Crippen LogP contribution in [-0.2, 0) is 14.3 Å². The second kappa shape index (κ2) is 26.2. The molecule has 0 heterocycles. The minimum absolute atomic E-state index is 0.293. The Balaban J connectivity index is 0.00000114. The lowest BCUT2D eigenvalue weighted by Crippen LogP contribution is -2.15. The van der Waals surface area contributed by atoms with Crippen molar-refractivity contribution in [3.63, 3.8) is 0 Å². The van der Waals surface area contributed by atoms with E-state index in [0.29, 0.717) is 24.3 Å². The third-order valence-electron chi connectivity index (χ3n) is 6.33. The fourth-order valence-electron chi connectivity index (χ4n) is 4.15. The first-order valence-corrected chi connectivity index (χ1v) is 15.1. The van der Waals surface area contributed by atoms with Crippen molar-refractivity contribution in [2.24, 2.45) is 0 Å². The summed E-state index contributed by atoms with van der Waals surface area (Å²) in [7, 11) is 0. The standard InChI is InChI=1S/C24H38O4.C6H12.C2H4O2/c1-3-5-7-9-11-15-19-27-23(25)21-17-13-14-18-22(21)24(26)28-20-16-12-10-8-6-4-2;1-2-4-6-5-3-1;1-2(3)4/h13-14,17-18H,3-12,15-16,19-20H2,1-2H3;1-6H2;1H3,(H,3,4). The Kier molecular flexibility index (Phi) is 24.6. The van der Waals surface area contributed by atoms with Crippen LogP contribution >= 0.6 is 0 Å². The van der Waals surface area contributed by atoms with E-state index in [-0.39, 0.29) is 0 Å². The summed E-state index contributed by atoms with van der Waals surface area (Å²) in [6.45, 7) is 6.26. The van der Waals surface area contributed by atoms with E-state index in [9.17, 15) is 9.59 Å². The van der Waals surface area contributed by atoms with E-state index in [1.54, 1.807) is 24.3 Å². The third-order valence-corrected chi connectivity index (χ3v) is 6.33. The second-order valence-electron chi connectivity index (χ2n) is 9.99. The molecule has 0 saturated heterocycles. The predicted octanol–water partition coefficient (Wildman–Crippen LogP) is 9.15. The van der Waals surface area contributed by atoms with E-state index in [4.69, 9.17) is 19.4 Å². The summed E-state index contributed by atoms with van der Waals surface area (Å²) in [6, 6.07) is 6.74. The number of unbranched alkanes of at least 4 members (excludes halogenated alkanes) is 10. The number of carbonyl (C=O) groups is 3. The van der Waals surface area contributed by atoms with E-state index in [0.717, 1.165) is 32.6 Å². The van der Waals surface area contributed by atoms with Gasteiger partial charge in [0.05, 0.1) is 24.3 Å². The molecule has 1 N–H and O–H groups in total. The second-order valence-corrected chi connectivity index (χ2v) is 9.99. The number of carbonyl (C=O) groups excluding carboxylic acids is 2. The van der Waals surface area contributed by atoms with Gasteiger partial charge < -0.3 is 14.6 Å². The molecule has 0 aromatic heterocycles. The van der Waals surface area contributed by atoms with Gasteiger partial charge in [0, 0.05) is 6.92 Å². The molecular weight excluding hydrogens is 480 g/mol. The normalized spacial score (nSPS) is 12.3. The molecule has 0 amide bonds. The Hall–Kier alpha value is -2.37. The molecule has 1 aliphatic rings. The number of rotatable bonds is 16. The quantitative estimate of drug-likeness (QED) is 0.168. The van der Waals surface area contributed by atoms with Crippen molar-refractivity contribution in [2.75, 3.05) is 13.2 Å². The van der Waals surface area contributed by atoms with Crippen LogP contribution in [0.5, 0.6) is 0 Å². The number of hydrogen-bond acceptors (Lipinski definition) is 5. The molecule has 1 aliphatic carbocycles. The van der Waals surface area contributed by atoms with Crippen LogP contribution in [0.4, 0.5) is 0 Å². The molecule has 0 atom stereocenters. The monoisotopic (exact) mass is 534 g/mol. The largest absolute Gasteiger partial charge is 0.481 e. The summed E-state index contributed by atoms with van der Waals surface area (Å²) >= 11 is 0. The Labute approximate surface area is 231 Å². The van der Waals surface area contributed by atoms with Crippen LogP contribution in [0.15, 0.2) is 24.3 Å². The van der Waals surface area contributed by atoms with Crippen LogP contribution in [0, 0.1) is 0 Å². The van der Waals surface area contributed by atoms with Gasteiger partial charge in [0.2, 0.25) is 0 Å². The average Bonchev–Trinajstić information content (AvgIpc) is 2.93. The lowest BCUT2D eigenvalue weighted by Gasteiger charge is -2.10. The Bertz CT molecular complexity index is 662. The van der Waals surface area contributed by atoms with Crippen LogP contribution in [0.3, 0.4) is 0 Å². The minimum atomic E-state index is -0.833. The highest BCUT2D eigenvalue weighted by molar-refractivity contribution is 6.03. The van der Waals surface area contributed by atoms with E-state index in [1.807, 2.05) is 0 Å². The van der Waals surface area contributed by atoms with Crippen molar-refractivity contribution in [1.82, 2.24) is 0 Å². The highest BCUT2D eigenvalue weighted by Crippen LogP contribution is 2.15. The van der Waals surface area contributed by atoms with Crippen molar-refractivity contribution in [1.29, 1.82) is 0 Å². The molecule has 6 nitrogen and oxygen atoms in total. The number of benzene rings is 1. The molecule has 1 saturated carbocycles. The SMILES string of the molecule is C1CCCCC1.CC(=O)O.CCCCCCCCOC(=O)c1ccccc1C(=O)OCCCCCCCC. The average molecular weight is 535 g/mol. The topological polar surface area (TPSA) is 89.9 Å². The van der Waals surface area contributed by atoms with Gasteiger partial charge in [-0.1, -0.05) is 129 Å². The van der Waals surface area contributed by atoms with Gasteiger partial charge in [-0.3, -0.25) is 4.79 Å². The lowest BCUT2D eigenvalue weighted by molar-refractivity contribution is -0.134. The van der Waals surface area contributed by atoms with E-state index in [1.165, 1.54) is 89.9 Å². The fourth-order valence-corrected chi connectivity index (χ4v) is 4.15. The van der Waals surface area contributed by atoms with Crippen LogP contribution < -0.4 is 0 Å². The smallest absolute Gasteiger partial charge is 0.339 e. The van der Waals surface area contributed by atoms with Crippen molar-refractivity contribution < 1.29 is 29.0 Å². The van der Waals surface area contributed by atoms with Crippen molar-refractivity contribution >= 4 is 17.9 Å². The van der Waals surface area contributed by atoms with Crippen LogP contribution in [-0.4, -0.2) is 36.2 Å². The first-order chi connectivity index (χ1) is 18.4. The molecule has 0 bridgehead atoms. The number of aliphatic carboxylic acids is 1. The zero-order chi connectivity index (χ0) is 28.3. The Morgan fingerprint density at radius 3 is 1.21 bits per heavy atom. The maximum atomic E-state index is 12.4. The zero-order valence-electron chi connectivity index (χ0n) is 24.4. The van der Waals surface area contributed by atoms with E-state index < -0.39 is 17.9 Å². The molecule has 6 heteroatoms. The minimum Gasteiger partial charge on any atom is -0.481 e. The number of carboxylic acids is 1. The number of hydrogen-bond donors (Lipinski definition) is 1. The predicted molar refractivity (Wildman–Crippen MR) is 155 cm³/mol. The van der Waals surface area contributed by atoms with Gasteiger partial charge in [-0.25, -0.2) is 9.59 Å². The molecule has 38 heavy (non-hydrogen) atoms. The summed E-state index contributed by atoms with van der Waals surface area (Å²) in [6.07, 6.45) is 22.6. The molecule has 1 aromatic rings. The van der Waals surface area contributed by atoms with Gasteiger partial charge in [-0.15, -0.1) is 0 Å². The lowest BCUT2D eigenvalue weighted by atomic mass is 10.0. The molecule has 218 valence electrons. The molecule has 2 rings (SSSR count). The molecular formula is C32H54O6. The maximum absolute atomic E-state index is 12.4. The first kappa shape index (κ1) is 35.6. The van der Waals surface area contributed by atoms with Gasteiger partial charge in [0.15, 0.2) is 0 Å². The Morgan fingerprint density at radius 2 is 0.895 bits per heavy atom. The number of carboxylic acid groups (broad SMARTS) is 1. The molecule has 0 radical (unpaired) electrons. The molecule has 0 aliphatic heterocycles. The van der Waals surface area contributed by atoms with Gasteiger partial charge >= 0.3 is 11.9 Å². The number of esters is 2. The molecule has 1 aromatic carbocycles. The summed E-state index contributed by atoms with van der Waals surface area (Å²) < 4.78 is 10.7. The maximum Gasteiger partial charge on any atom is 0.339 e. The third kappa shape index (κ3) is 21.7. The highest BCUT2D eigenvalue weighted by Gasteiger charge is 2.18. The first-order valence-electron chi connectivity index (χ1n) is 15.1. The van der Waals surface area contributed by atoms with Crippen molar-refractivity contribution in [3.05, 3.63) is 35.4 Å². The summed E-state index contributed by atoms with van der Waals surface area (Å²) in [5.41, 5.74) is 0.586. The zero-order valence-corrected chi connectivity index (χ0v) is 24.4.